The van der Waals surface area contributed by atoms with E-state index in [0.29, 0.717) is 6.42 Å². The fourth-order valence-corrected chi connectivity index (χ4v) is 4.64. The molecule has 5 heteroatoms. The SMILES string of the molecule is CC(=O)N(c1ccccc1)C1CC(C)N(C(=O)C2=CC(C)=NC2C)c2ccccc21. The lowest BCUT2D eigenvalue weighted by Gasteiger charge is -2.43. The summed E-state index contributed by atoms with van der Waals surface area (Å²) in [4.78, 5) is 34.4. The van der Waals surface area contributed by atoms with E-state index in [2.05, 4.69) is 11.9 Å². The highest BCUT2D eigenvalue weighted by Crippen LogP contribution is 2.43. The Bertz CT molecular complexity index is 1040. The summed E-state index contributed by atoms with van der Waals surface area (Å²) in [6.45, 7) is 7.53. The van der Waals surface area contributed by atoms with Crippen molar-refractivity contribution in [2.24, 2.45) is 4.99 Å². The van der Waals surface area contributed by atoms with Crippen molar-refractivity contribution in [3.05, 3.63) is 71.8 Å². The predicted octanol–water partition coefficient (Wildman–Crippen LogP) is 4.70. The zero-order valence-electron chi connectivity index (χ0n) is 17.9. The van der Waals surface area contributed by atoms with Gasteiger partial charge in [-0.3, -0.25) is 14.6 Å². The molecule has 30 heavy (non-hydrogen) atoms. The molecule has 3 atom stereocenters. The maximum atomic E-state index is 13.5. The molecule has 0 saturated carbocycles. The average molecular weight is 402 g/mol. The van der Waals surface area contributed by atoms with Gasteiger partial charge in [0, 0.05) is 35.6 Å². The zero-order chi connectivity index (χ0) is 21.4. The lowest BCUT2D eigenvalue weighted by molar-refractivity contribution is -0.117. The number of nitrogens with zero attached hydrogens (tertiary/aromatic N) is 3. The number of fused-ring (bicyclic) bond motifs is 1. The number of carbonyl (C=O) groups is 2. The first kappa shape index (κ1) is 20.1. The summed E-state index contributed by atoms with van der Waals surface area (Å²) in [5, 5.41) is 0. The fourth-order valence-electron chi connectivity index (χ4n) is 4.64. The highest BCUT2D eigenvalue weighted by atomic mass is 16.2. The van der Waals surface area contributed by atoms with Gasteiger partial charge >= 0.3 is 0 Å². The molecule has 0 bridgehead atoms. The number of rotatable bonds is 3. The van der Waals surface area contributed by atoms with Crippen LogP contribution in [0.5, 0.6) is 0 Å². The zero-order valence-corrected chi connectivity index (χ0v) is 17.9. The van der Waals surface area contributed by atoms with Crippen LogP contribution in [0, 0.1) is 0 Å². The molecule has 0 radical (unpaired) electrons. The van der Waals surface area contributed by atoms with Gasteiger partial charge < -0.3 is 9.80 Å². The van der Waals surface area contributed by atoms with Crippen LogP contribution < -0.4 is 9.80 Å². The average Bonchev–Trinajstić information content (AvgIpc) is 3.06. The topological polar surface area (TPSA) is 53.0 Å². The summed E-state index contributed by atoms with van der Waals surface area (Å²) in [6, 6.07) is 17.3. The quantitative estimate of drug-likeness (QED) is 0.749. The molecule has 4 rings (SSSR count). The summed E-state index contributed by atoms with van der Waals surface area (Å²) in [7, 11) is 0. The second-order valence-corrected chi connectivity index (χ2v) is 8.11. The van der Waals surface area contributed by atoms with Crippen LogP contribution in [0.3, 0.4) is 0 Å². The number of amides is 2. The Morgan fingerprint density at radius 2 is 1.70 bits per heavy atom. The van der Waals surface area contributed by atoms with Gasteiger partial charge in [-0.2, -0.15) is 0 Å². The van der Waals surface area contributed by atoms with Crippen molar-refractivity contribution in [3.63, 3.8) is 0 Å². The second-order valence-electron chi connectivity index (χ2n) is 8.11. The van der Waals surface area contributed by atoms with E-state index in [-0.39, 0.29) is 29.9 Å². The molecule has 0 aromatic heterocycles. The van der Waals surface area contributed by atoms with Crippen molar-refractivity contribution in [2.45, 2.75) is 52.2 Å². The molecule has 0 N–H and O–H groups in total. The first-order valence-electron chi connectivity index (χ1n) is 10.4. The van der Waals surface area contributed by atoms with Gasteiger partial charge in [-0.05, 0) is 57.0 Å². The molecular weight excluding hydrogens is 374 g/mol. The number of hydrogen-bond acceptors (Lipinski definition) is 3. The number of carbonyl (C=O) groups excluding carboxylic acids is 2. The van der Waals surface area contributed by atoms with Crippen LogP contribution in [0.15, 0.2) is 71.2 Å². The van der Waals surface area contributed by atoms with Crippen molar-refractivity contribution in [1.82, 2.24) is 0 Å². The van der Waals surface area contributed by atoms with Crippen LogP contribution in [0.4, 0.5) is 11.4 Å². The molecule has 2 heterocycles. The van der Waals surface area contributed by atoms with Gasteiger partial charge in [0.05, 0.1) is 12.1 Å². The van der Waals surface area contributed by atoms with E-state index in [1.807, 2.05) is 84.3 Å². The summed E-state index contributed by atoms with van der Waals surface area (Å²) in [5.74, 6) is -0.0142. The minimum Gasteiger partial charge on any atom is -0.305 e. The van der Waals surface area contributed by atoms with E-state index < -0.39 is 0 Å². The number of benzene rings is 2. The Morgan fingerprint density at radius 3 is 2.33 bits per heavy atom. The van der Waals surface area contributed by atoms with Crippen LogP contribution in [0.1, 0.15) is 45.7 Å². The molecule has 2 aromatic carbocycles. The third-order valence-electron chi connectivity index (χ3n) is 5.92. The summed E-state index contributed by atoms with van der Waals surface area (Å²) in [5.41, 5.74) is 4.33. The number of allylic oxidation sites excluding steroid dienone is 1. The van der Waals surface area contributed by atoms with Gasteiger partial charge in [0.1, 0.15) is 0 Å². The summed E-state index contributed by atoms with van der Waals surface area (Å²) >= 11 is 0. The van der Waals surface area contributed by atoms with Crippen LogP contribution >= 0.6 is 0 Å². The van der Waals surface area contributed by atoms with Crippen molar-refractivity contribution in [3.8, 4) is 0 Å². The standard InChI is InChI=1S/C25H27N3O2/c1-16-14-22(18(3)26-16)25(30)27-17(2)15-24(21-12-8-9-13-23(21)27)28(19(4)29)20-10-6-5-7-11-20/h5-14,17-18,24H,15H2,1-4H3. The van der Waals surface area contributed by atoms with Crippen LogP contribution in [-0.2, 0) is 9.59 Å². The molecule has 2 amide bonds. The van der Waals surface area contributed by atoms with Crippen molar-refractivity contribution in [2.75, 3.05) is 9.80 Å². The van der Waals surface area contributed by atoms with Crippen molar-refractivity contribution in [1.29, 1.82) is 0 Å². The molecule has 5 nitrogen and oxygen atoms in total. The largest absolute Gasteiger partial charge is 0.305 e. The van der Waals surface area contributed by atoms with Crippen molar-refractivity contribution < 1.29 is 9.59 Å². The van der Waals surface area contributed by atoms with Gasteiger partial charge in [0.25, 0.3) is 5.91 Å². The predicted molar refractivity (Wildman–Crippen MR) is 121 cm³/mol. The molecule has 0 saturated heterocycles. The van der Waals surface area contributed by atoms with Gasteiger partial charge in [0.2, 0.25) is 5.91 Å². The normalized spacial score (nSPS) is 22.8. The summed E-state index contributed by atoms with van der Waals surface area (Å²) in [6.07, 6.45) is 2.55. The van der Waals surface area contributed by atoms with Crippen LogP contribution in [-0.4, -0.2) is 29.6 Å². The number of hydrogen-bond donors (Lipinski definition) is 0. The molecular formula is C25H27N3O2. The van der Waals surface area contributed by atoms with Gasteiger partial charge in [-0.15, -0.1) is 0 Å². The Hall–Kier alpha value is -3.21. The third kappa shape index (κ3) is 3.45. The lowest BCUT2D eigenvalue weighted by Crippen LogP contribution is -2.48. The highest BCUT2D eigenvalue weighted by molar-refractivity contribution is 6.13. The van der Waals surface area contributed by atoms with E-state index >= 15 is 0 Å². The van der Waals surface area contributed by atoms with Gasteiger partial charge in [-0.1, -0.05) is 36.4 Å². The smallest absolute Gasteiger partial charge is 0.256 e. The Kier molecular flexibility index (Phi) is 5.29. The third-order valence-corrected chi connectivity index (χ3v) is 5.92. The van der Waals surface area contributed by atoms with E-state index in [4.69, 9.17) is 0 Å². The molecule has 154 valence electrons. The minimum atomic E-state index is -0.132. The maximum absolute atomic E-state index is 13.5. The van der Waals surface area contributed by atoms with Crippen molar-refractivity contribution >= 4 is 28.9 Å². The van der Waals surface area contributed by atoms with Crippen LogP contribution in [0.2, 0.25) is 0 Å². The number of para-hydroxylation sites is 2. The van der Waals surface area contributed by atoms with Crippen LogP contribution in [0.25, 0.3) is 0 Å². The first-order valence-corrected chi connectivity index (χ1v) is 10.4. The molecule has 2 aliphatic rings. The lowest BCUT2D eigenvalue weighted by atomic mass is 9.89. The van der Waals surface area contributed by atoms with E-state index in [1.54, 1.807) is 6.92 Å². The number of aliphatic imine (C=N–C) groups is 1. The van der Waals surface area contributed by atoms with Gasteiger partial charge in [0.15, 0.2) is 0 Å². The summed E-state index contributed by atoms with van der Waals surface area (Å²) < 4.78 is 0. The molecule has 0 spiro atoms. The molecule has 2 aliphatic heterocycles. The Morgan fingerprint density at radius 1 is 1.03 bits per heavy atom. The van der Waals surface area contributed by atoms with E-state index in [1.165, 1.54) is 0 Å². The molecule has 0 fully saturated rings. The molecule has 3 unspecified atom stereocenters. The first-order chi connectivity index (χ1) is 14.4. The Balaban J connectivity index is 1.77. The second kappa shape index (κ2) is 7.90. The molecule has 0 aliphatic carbocycles. The number of anilines is 2. The maximum Gasteiger partial charge on any atom is 0.256 e. The van der Waals surface area contributed by atoms with E-state index in [0.717, 1.165) is 28.2 Å². The molecule has 2 aromatic rings. The van der Waals surface area contributed by atoms with E-state index in [9.17, 15) is 9.59 Å². The highest BCUT2D eigenvalue weighted by Gasteiger charge is 2.39. The van der Waals surface area contributed by atoms with Gasteiger partial charge in [-0.25, -0.2) is 0 Å². The fraction of sp³-hybridized carbons (Fsp3) is 0.320. The minimum absolute atomic E-state index is 0.00409. The Labute approximate surface area is 177 Å². The monoisotopic (exact) mass is 401 g/mol.